The minimum atomic E-state index is -0.188. The standard InChI is InChI=1S/C15H17N3O4S/c1-20-10-3-4-12(13(7-10)21-2)17-14(19)18-8-11(9-18)22-15-16-5-6-23-15/h3-7,11H,8-9H2,1-2H3,(H,17,19). The van der Waals surface area contributed by atoms with Crippen LogP contribution < -0.4 is 19.5 Å². The quantitative estimate of drug-likeness (QED) is 0.909. The third-order valence-corrected chi connectivity index (χ3v) is 4.12. The SMILES string of the molecule is COc1ccc(NC(=O)N2CC(Oc3nccs3)C2)c(OC)c1. The fraction of sp³-hybridized carbons (Fsp3) is 0.333. The van der Waals surface area contributed by atoms with Crippen LogP contribution >= 0.6 is 11.3 Å². The second kappa shape index (κ2) is 6.74. The molecule has 1 aliphatic rings. The Morgan fingerprint density at radius 3 is 2.83 bits per heavy atom. The molecule has 0 saturated carbocycles. The average Bonchev–Trinajstić information content (AvgIpc) is 3.03. The zero-order chi connectivity index (χ0) is 16.2. The van der Waals surface area contributed by atoms with Crippen molar-refractivity contribution in [3.05, 3.63) is 29.8 Å². The molecule has 2 heterocycles. The maximum atomic E-state index is 12.2. The molecule has 1 aromatic carbocycles. The Bertz CT molecular complexity index is 671. The van der Waals surface area contributed by atoms with E-state index >= 15 is 0 Å². The van der Waals surface area contributed by atoms with E-state index in [1.807, 2.05) is 5.38 Å². The van der Waals surface area contributed by atoms with E-state index in [2.05, 4.69) is 10.3 Å². The third kappa shape index (κ3) is 3.48. The number of anilines is 1. The molecule has 7 nitrogen and oxygen atoms in total. The molecule has 0 bridgehead atoms. The number of benzene rings is 1. The number of thiazole rings is 1. The highest BCUT2D eigenvalue weighted by Gasteiger charge is 2.33. The van der Waals surface area contributed by atoms with Gasteiger partial charge in [-0.3, -0.25) is 0 Å². The van der Waals surface area contributed by atoms with Crippen molar-refractivity contribution in [2.24, 2.45) is 0 Å². The summed E-state index contributed by atoms with van der Waals surface area (Å²) in [5.74, 6) is 1.22. The summed E-state index contributed by atoms with van der Waals surface area (Å²) in [7, 11) is 3.13. The van der Waals surface area contributed by atoms with Crippen molar-refractivity contribution in [1.29, 1.82) is 0 Å². The van der Waals surface area contributed by atoms with Gasteiger partial charge in [0.2, 0.25) is 0 Å². The molecule has 23 heavy (non-hydrogen) atoms. The van der Waals surface area contributed by atoms with Gasteiger partial charge in [-0.05, 0) is 12.1 Å². The maximum absolute atomic E-state index is 12.2. The van der Waals surface area contributed by atoms with Crippen LogP contribution in [-0.4, -0.2) is 49.3 Å². The maximum Gasteiger partial charge on any atom is 0.322 e. The first-order valence-corrected chi connectivity index (χ1v) is 7.91. The van der Waals surface area contributed by atoms with Gasteiger partial charge in [-0.2, -0.15) is 0 Å². The van der Waals surface area contributed by atoms with Crippen LogP contribution in [0.4, 0.5) is 10.5 Å². The van der Waals surface area contributed by atoms with E-state index in [9.17, 15) is 4.79 Å². The summed E-state index contributed by atoms with van der Waals surface area (Å²) < 4.78 is 16.0. The number of hydrogen-bond acceptors (Lipinski definition) is 6. The van der Waals surface area contributed by atoms with Gasteiger partial charge in [0.05, 0.1) is 33.0 Å². The highest BCUT2D eigenvalue weighted by Crippen LogP contribution is 2.29. The summed E-state index contributed by atoms with van der Waals surface area (Å²) in [6.07, 6.45) is 1.68. The second-order valence-electron chi connectivity index (χ2n) is 4.94. The molecule has 8 heteroatoms. The number of carbonyl (C=O) groups excluding carboxylic acids is 1. The van der Waals surface area contributed by atoms with Crippen molar-refractivity contribution in [2.45, 2.75) is 6.10 Å². The van der Waals surface area contributed by atoms with Crippen molar-refractivity contribution in [2.75, 3.05) is 32.6 Å². The van der Waals surface area contributed by atoms with E-state index in [-0.39, 0.29) is 12.1 Å². The Balaban J connectivity index is 1.54. The van der Waals surface area contributed by atoms with Gasteiger partial charge >= 0.3 is 6.03 Å². The predicted octanol–water partition coefficient (Wildman–Crippen LogP) is 2.46. The summed E-state index contributed by atoms with van der Waals surface area (Å²) in [5.41, 5.74) is 0.600. The summed E-state index contributed by atoms with van der Waals surface area (Å²) in [5, 5.41) is 5.32. The molecular weight excluding hydrogens is 318 g/mol. The molecule has 1 N–H and O–H groups in total. The molecule has 0 unspecified atom stereocenters. The van der Waals surface area contributed by atoms with Crippen molar-refractivity contribution in [1.82, 2.24) is 9.88 Å². The van der Waals surface area contributed by atoms with Crippen LogP contribution in [-0.2, 0) is 0 Å². The van der Waals surface area contributed by atoms with E-state index in [0.717, 1.165) is 0 Å². The number of aromatic nitrogens is 1. The van der Waals surface area contributed by atoms with Crippen molar-refractivity contribution in [3.8, 4) is 16.7 Å². The third-order valence-electron chi connectivity index (χ3n) is 3.46. The summed E-state index contributed by atoms with van der Waals surface area (Å²) in [6.45, 7) is 1.06. The lowest BCUT2D eigenvalue weighted by Crippen LogP contribution is -2.57. The number of nitrogens with one attached hydrogen (secondary N) is 1. The second-order valence-corrected chi connectivity index (χ2v) is 5.80. The molecule has 1 saturated heterocycles. The normalized spacial score (nSPS) is 14.1. The van der Waals surface area contributed by atoms with Crippen LogP contribution in [0.2, 0.25) is 0 Å². The smallest absolute Gasteiger partial charge is 0.322 e. The molecule has 1 aliphatic heterocycles. The lowest BCUT2D eigenvalue weighted by Gasteiger charge is -2.38. The molecule has 2 amide bonds. The van der Waals surface area contributed by atoms with Gasteiger partial charge < -0.3 is 24.4 Å². The number of nitrogens with zero attached hydrogens (tertiary/aromatic N) is 2. The minimum Gasteiger partial charge on any atom is -0.497 e. The zero-order valence-corrected chi connectivity index (χ0v) is 13.6. The molecule has 1 fully saturated rings. The van der Waals surface area contributed by atoms with Crippen molar-refractivity contribution in [3.63, 3.8) is 0 Å². The molecular formula is C15H17N3O4S. The fourth-order valence-electron chi connectivity index (χ4n) is 2.19. The van der Waals surface area contributed by atoms with Gasteiger partial charge in [0.1, 0.15) is 17.6 Å². The summed E-state index contributed by atoms with van der Waals surface area (Å²) in [6, 6.07) is 5.05. The number of likely N-dealkylation sites (tertiary alicyclic amines) is 1. The molecule has 0 radical (unpaired) electrons. The molecule has 122 valence electrons. The molecule has 3 rings (SSSR count). The Labute approximate surface area is 137 Å². The van der Waals surface area contributed by atoms with E-state index in [1.54, 1.807) is 43.5 Å². The zero-order valence-electron chi connectivity index (χ0n) is 12.8. The summed E-state index contributed by atoms with van der Waals surface area (Å²) >= 11 is 1.44. The summed E-state index contributed by atoms with van der Waals surface area (Å²) in [4.78, 5) is 18.0. The number of hydrogen-bond donors (Lipinski definition) is 1. The largest absolute Gasteiger partial charge is 0.497 e. The highest BCUT2D eigenvalue weighted by molar-refractivity contribution is 7.11. The van der Waals surface area contributed by atoms with Gasteiger partial charge in [-0.25, -0.2) is 9.78 Å². The number of carbonyl (C=O) groups is 1. The predicted molar refractivity (Wildman–Crippen MR) is 86.7 cm³/mol. The average molecular weight is 335 g/mol. The lowest BCUT2D eigenvalue weighted by atomic mass is 10.2. The van der Waals surface area contributed by atoms with E-state index in [0.29, 0.717) is 35.5 Å². The van der Waals surface area contributed by atoms with Gasteiger partial charge in [0.25, 0.3) is 5.19 Å². The number of urea groups is 1. The van der Waals surface area contributed by atoms with Crippen LogP contribution in [0.1, 0.15) is 0 Å². The van der Waals surface area contributed by atoms with Crippen LogP contribution in [0, 0.1) is 0 Å². The van der Waals surface area contributed by atoms with Crippen molar-refractivity contribution >= 4 is 23.1 Å². The number of amides is 2. The van der Waals surface area contributed by atoms with Gasteiger partial charge in [0.15, 0.2) is 0 Å². The Morgan fingerprint density at radius 2 is 2.17 bits per heavy atom. The molecule has 2 aromatic rings. The van der Waals surface area contributed by atoms with E-state index in [1.165, 1.54) is 11.3 Å². The number of rotatable bonds is 5. The van der Waals surface area contributed by atoms with Gasteiger partial charge in [0, 0.05) is 17.6 Å². The van der Waals surface area contributed by atoms with Gasteiger partial charge in [-0.15, -0.1) is 0 Å². The molecule has 0 atom stereocenters. The van der Waals surface area contributed by atoms with Crippen LogP contribution in [0.5, 0.6) is 16.7 Å². The van der Waals surface area contributed by atoms with Gasteiger partial charge in [-0.1, -0.05) is 11.3 Å². The van der Waals surface area contributed by atoms with Crippen molar-refractivity contribution < 1.29 is 19.0 Å². The topological polar surface area (TPSA) is 72.9 Å². The molecule has 0 spiro atoms. The first-order chi connectivity index (χ1) is 11.2. The first-order valence-electron chi connectivity index (χ1n) is 7.03. The minimum absolute atomic E-state index is 0.00957. The molecule has 0 aliphatic carbocycles. The first kappa shape index (κ1) is 15.4. The Morgan fingerprint density at radius 1 is 1.35 bits per heavy atom. The Hall–Kier alpha value is -2.48. The lowest BCUT2D eigenvalue weighted by molar-refractivity contribution is 0.0491. The number of ether oxygens (including phenoxy) is 3. The Kier molecular flexibility index (Phi) is 4.52. The van der Waals surface area contributed by atoms with Crippen LogP contribution in [0.15, 0.2) is 29.8 Å². The van der Waals surface area contributed by atoms with E-state index < -0.39 is 0 Å². The highest BCUT2D eigenvalue weighted by atomic mass is 32.1. The monoisotopic (exact) mass is 335 g/mol. The van der Waals surface area contributed by atoms with E-state index in [4.69, 9.17) is 14.2 Å². The molecule has 1 aromatic heterocycles. The fourth-order valence-corrected chi connectivity index (χ4v) is 2.74. The van der Waals surface area contributed by atoms with Crippen LogP contribution in [0.3, 0.4) is 0 Å². The number of methoxy groups -OCH3 is 2. The van der Waals surface area contributed by atoms with Crippen LogP contribution in [0.25, 0.3) is 0 Å².